The molecule has 0 radical (unpaired) electrons. The van der Waals surface area contributed by atoms with Crippen LogP contribution in [0.3, 0.4) is 0 Å². The Kier molecular flexibility index (Phi) is 4.77. The van der Waals surface area contributed by atoms with Gasteiger partial charge in [-0.1, -0.05) is 28.1 Å². The normalized spacial score (nSPS) is 14.3. The van der Waals surface area contributed by atoms with Gasteiger partial charge in [-0.2, -0.15) is 0 Å². The minimum absolute atomic E-state index is 0.124. The van der Waals surface area contributed by atoms with Gasteiger partial charge in [0, 0.05) is 10.5 Å². The first-order chi connectivity index (χ1) is 9.04. The van der Waals surface area contributed by atoms with E-state index in [9.17, 15) is 0 Å². The van der Waals surface area contributed by atoms with Crippen LogP contribution in [-0.4, -0.2) is 11.0 Å². The summed E-state index contributed by atoms with van der Waals surface area (Å²) in [4.78, 5) is 4.25. The fourth-order valence-electron chi connectivity index (χ4n) is 2.10. The van der Waals surface area contributed by atoms with Crippen LogP contribution in [0, 0.1) is 6.92 Å². The Labute approximate surface area is 122 Å². The standard InChI is InChI=1S/C15H19BrN2O/c1-10(8-13-4-6-14(16)7-5-13)18-12(3)15-17-9-11(2)19-15/h4-7,9-10,12,18H,8H2,1-3H3. The van der Waals surface area contributed by atoms with E-state index in [2.05, 4.69) is 64.3 Å². The van der Waals surface area contributed by atoms with Gasteiger partial charge >= 0.3 is 0 Å². The Balaban J connectivity index is 1.90. The van der Waals surface area contributed by atoms with Crippen LogP contribution < -0.4 is 5.32 Å². The summed E-state index contributed by atoms with van der Waals surface area (Å²) >= 11 is 3.45. The number of nitrogens with one attached hydrogen (secondary N) is 1. The zero-order chi connectivity index (χ0) is 13.8. The van der Waals surface area contributed by atoms with E-state index in [1.807, 2.05) is 6.92 Å². The Morgan fingerprint density at radius 2 is 1.95 bits per heavy atom. The van der Waals surface area contributed by atoms with E-state index in [1.165, 1.54) is 5.56 Å². The van der Waals surface area contributed by atoms with Crippen molar-refractivity contribution in [2.45, 2.75) is 39.3 Å². The van der Waals surface area contributed by atoms with Crippen LogP contribution in [0.25, 0.3) is 0 Å². The van der Waals surface area contributed by atoms with Gasteiger partial charge < -0.3 is 9.73 Å². The molecule has 4 heteroatoms. The number of hydrogen-bond acceptors (Lipinski definition) is 3. The van der Waals surface area contributed by atoms with Crippen LogP contribution in [0.5, 0.6) is 0 Å². The lowest BCUT2D eigenvalue weighted by atomic mass is 10.1. The van der Waals surface area contributed by atoms with Crippen LogP contribution in [0.2, 0.25) is 0 Å². The molecule has 0 aliphatic heterocycles. The number of halogens is 1. The molecule has 0 saturated carbocycles. The highest BCUT2D eigenvalue weighted by Gasteiger charge is 2.14. The van der Waals surface area contributed by atoms with Gasteiger partial charge in [-0.3, -0.25) is 0 Å². The lowest BCUT2D eigenvalue weighted by molar-refractivity contribution is 0.376. The van der Waals surface area contributed by atoms with E-state index >= 15 is 0 Å². The Hall–Kier alpha value is -1.13. The van der Waals surface area contributed by atoms with Crippen LogP contribution in [0.4, 0.5) is 0 Å². The van der Waals surface area contributed by atoms with Crippen molar-refractivity contribution in [3.05, 3.63) is 52.1 Å². The average Bonchev–Trinajstić information content (AvgIpc) is 2.79. The van der Waals surface area contributed by atoms with Crippen LogP contribution in [-0.2, 0) is 6.42 Å². The Morgan fingerprint density at radius 1 is 1.26 bits per heavy atom. The molecule has 1 heterocycles. The van der Waals surface area contributed by atoms with Crippen molar-refractivity contribution in [2.24, 2.45) is 0 Å². The highest BCUT2D eigenvalue weighted by molar-refractivity contribution is 9.10. The maximum Gasteiger partial charge on any atom is 0.211 e. The molecule has 19 heavy (non-hydrogen) atoms. The molecule has 0 amide bonds. The predicted octanol–water partition coefficient (Wildman–Crippen LogP) is 4.03. The summed E-state index contributed by atoms with van der Waals surface area (Å²) in [6.45, 7) is 6.16. The quantitative estimate of drug-likeness (QED) is 0.903. The summed E-state index contributed by atoms with van der Waals surface area (Å²) < 4.78 is 6.64. The van der Waals surface area contributed by atoms with Crippen LogP contribution >= 0.6 is 15.9 Å². The van der Waals surface area contributed by atoms with Gasteiger partial charge in [-0.05, 0) is 44.9 Å². The second kappa shape index (κ2) is 6.35. The zero-order valence-corrected chi connectivity index (χ0v) is 13.1. The Morgan fingerprint density at radius 3 is 2.53 bits per heavy atom. The molecule has 0 bridgehead atoms. The molecule has 2 aromatic rings. The number of hydrogen-bond donors (Lipinski definition) is 1. The molecule has 0 spiro atoms. The van der Waals surface area contributed by atoms with E-state index in [-0.39, 0.29) is 6.04 Å². The van der Waals surface area contributed by atoms with Gasteiger partial charge in [-0.25, -0.2) is 4.98 Å². The second-order valence-electron chi connectivity index (χ2n) is 4.93. The number of benzene rings is 1. The number of rotatable bonds is 5. The molecule has 1 N–H and O–H groups in total. The smallest absolute Gasteiger partial charge is 0.211 e. The SMILES string of the molecule is Cc1cnc(C(C)NC(C)Cc2ccc(Br)cc2)o1. The minimum atomic E-state index is 0.124. The molecular formula is C15H19BrN2O. The summed E-state index contributed by atoms with van der Waals surface area (Å²) in [5.41, 5.74) is 1.32. The molecule has 2 atom stereocenters. The molecule has 102 valence electrons. The first kappa shape index (κ1) is 14.3. The van der Waals surface area contributed by atoms with Gasteiger partial charge in [0.25, 0.3) is 0 Å². The van der Waals surface area contributed by atoms with Crippen LogP contribution in [0.1, 0.15) is 37.1 Å². The van der Waals surface area contributed by atoms with Crippen molar-refractivity contribution in [1.29, 1.82) is 0 Å². The number of nitrogens with zero attached hydrogens (tertiary/aromatic N) is 1. The maximum absolute atomic E-state index is 5.53. The summed E-state index contributed by atoms with van der Waals surface area (Å²) in [7, 11) is 0. The largest absolute Gasteiger partial charge is 0.444 e. The predicted molar refractivity (Wildman–Crippen MR) is 80.1 cm³/mol. The number of aromatic nitrogens is 1. The van der Waals surface area contributed by atoms with Crippen LogP contribution in [0.15, 0.2) is 39.4 Å². The molecular weight excluding hydrogens is 304 g/mol. The maximum atomic E-state index is 5.53. The van der Waals surface area contributed by atoms with Gasteiger partial charge in [-0.15, -0.1) is 0 Å². The van der Waals surface area contributed by atoms with E-state index in [0.29, 0.717) is 6.04 Å². The summed E-state index contributed by atoms with van der Waals surface area (Å²) in [6.07, 6.45) is 2.74. The third-order valence-electron chi connectivity index (χ3n) is 3.00. The molecule has 3 nitrogen and oxygen atoms in total. The van der Waals surface area contributed by atoms with E-state index in [0.717, 1.165) is 22.5 Å². The van der Waals surface area contributed by atoms with Crippen molar-refractivity contribution in [2.75, 3.05) is 0 Å². The highest BCUT2D eigenvalue weighted by atomic mass is 79.9. The topological polar surface area (TPSA) is 38.1 Å². The number of aryl methyl sites for hydroxylation is 1. The fourth-order valence-corrected chi connectivity index (χ4v) is 2.37. The van der Waals surface area contributed by atoms with E-state index in [1.54, 1.807) is 6.20 Å². The van der Waals surface area contributed by atoms with Crippen molar-refractivity contribution >= 4 is 15.9 Å². The fraction of sp³-hybridized carbons (Fsp3) is 0.400. The van der Waals surface area contributed by atoms with Gasteiger partial charge in [0.1, 0.15) is 5.76 Å². The van der Waals surface area contributed by atoms with Gasteiger partial charge in [0.15, 0.2) is 0 Å². The van der Waals surface area contributed by atoms with Gasteiger partial charge in [0.2, 0.25) is 5.89 Å². The first-order valence-electron chi connectivity index (χ1n) is 6.47. The van der Waals surface area contributed by atoms with Crippen molar-refractivity contribution in [3.8, 4) is 0 Å². The van der Waals surface area contributed by atoms with E-state index in [4.69, 9.17) is 4.42 Å². The molecule has 1 aromatic carbocycles. The molecule has 0 saturated heterocycles. The molecule has 0 fully saturated rings. The summed E-state index contributed by atoms with van der Waals surface area (Å²) in [5.74, 6) is 1.60. The van der Waals surface area contributed by atoms with E-state index < -0.39 is 0 Å². The third-order valence-corrected chi connectivity index (χ3v) is 3.53. The molecule has 1 aromatic heterocycles. The first-order valence-corrected chi connectivity index (χ1v) is 7.26. The minimum Gasteiger partial charge on any atom is -0.444 e. The van der Waals surface area contributed by atoms with Crippen molar-refractivity contribution in [1.82, 2.24) is 10.3 Å². The monoisotopic (exact) mass is 322 g/mol. The second-order valence-corrected chi connectivity index (χ2v) is 5.84. The third kappa shape index (κ3) is 4.18. The zero-order valence-electron chi connectivity index (χ0n) is 11.5. The summed E-state index contributed by atoms with van der Waals surface area (Å²) in [5, 5.41) is 3.50. The lowest BCUT2D eigenvalue weighted by Crippen LogP contribution is -2.30. The highest BCUT2D eigenvalue weighted by Crippen LogP contribution is 2.15. The average molecular weight is 323 g/mol. The summed E-state index contributed by atoms with van der Waals surface area (Å²) in [6, 6.07) is 8.92. The number of oxazole rings is 1. The van der Waals surface area contributed by atoms with Gasteiger partial charge in [0.05, 0.1) is 12.2 Å². The van der Waals surface area contributed by atoms with Crippen molar-refractivity contribution < 1.29 is 4.42 Å². The molecule has 2 unspecified atom stereocenters. The molecule has 0 aliphatic rings. The molecule has 2 rings (SSSR count). The molecule has 0 aliphatic carbocycles. The Bertz CT molecular complexity index is 521. The van der Waals surface area contributed by atoms with Crippen molar-refractivity contribution in [3.63, 3.8) is 0 Å². The lowest BCUT2D eigenvalue weighted by Gasteiger charge is -2.18.